The molecule has 0 aromatic heterocycles. The standard InChI is InChI=1S/C11H13FO/c1-7-4-8(2-3-11(7)12)9-5-10(13)6-9/h2-4,9-10,13H,5-6H2,1H3. The minimum atomic E-state index is -0.149. The zero-order valence-electron chi connectivity index (χ0n) is 7.63. The monoisotopic (exact) mass is 180 g/mol. The summed E-state index contributed by atoms with van der Waals surface area (Å²) in [6, 6.07) is 5.21. The highest BCUT2D eigenvalue weighted by molar-refractivity contribution is 5.28. The maximum Gasteiger partial charge on any atom is 0.126 e. The van der Waals surface area contributed by atoms with Crippen LogP contribution in [0.15, 0.2) is 18.2 Å². The molecule has 1 aromatic carbocycles. The molecule has 0 heterocycles. The third-order valence-corrected chi connectivity index (χ3v) is 2.77. The fraction of sp³-hybridized carbons (Fsp3) is 0.455. The van der Waals surface area contributed by atoms with Gasteiger partial charge in [-0.25, -0.2) is 4.39 Å². The van der Waals surface area contributed by atoms with Crippen molar-refractivity contribution in [3.8, 4) is 0 Å². The lowest BCUT2D eigenvalue weighted by Crippen LogP contribution is -2.26. The number of hydrogen-bond donors (Lipinski definition) is 1. The zero-order valence-corrected chi connectivity index (χ0v) is 7.63. The van der Waals surface area contributed by atoms with Crippen molar-refractivity contribution in [2.45, 2.75) is 31.8 Å². The van der Waals surface area contributed by atoms with Crippen LogP contribution in [-0.4, -0.2) is 11.2 Å². The molecule has 2 rings (SSSR count). The molecule has 0 bridgehead atoms. The van der Waals surface area contributed by atoms with Crippen LogP contribution >= 0.6 is 0 Å². The molecule has 1 saturated carbocycles. The van der Waals surface area contributed by atoms with Gasteiger partial charge in [-0.05, 0) is 42.9 Å². The average molecular weight is 180 g/mol. The Balaban J connectivity index is 2.18. The van der Waals surface area contributed by atoms with Crippen molar-refractivity contribution < 1.29 is 9.50 Å². The molecule has 0 radical (unpaired) electrons. The van der Waals surface area contributed by atoms with Crippen LogP contribution < -0.4 is 0 Å². The maximum atomic E-state index is 12.9. The molecule has 1 aromatic rings. The van der Waals surface area contributed by atoms with Gasteiger partial charge in [-0.1, -0.05) is 12.1 Å². The minimum absolute atomic E-state index is 0.143. The van der Waals surface area contributed by atoms with Crippen LogP contribution in [0.1, 0.15) is 29.9 Å². The molecule has 1 aliphatic rings. The van der Waals surface area contributed by atoms with Gasteiger partial charge in [-0.2, -0.15) is 0 Å². The molecule has 1 N–H and O–H groups in total. The lowest BCUT2D eigenvalue weighted by Gasteiger charge is -2.31. The van der Waals surface area contributed by atoms with Gasteiger partial charge in [-0.15, -0.1) is 0 Å². The predicted molar refractivity (Wildman–Crippen MR) is 49.1 cm³/mol. The second-order valence-corrected chi connectivity index (χ2v) is 3.83. The van der Waals surface area contributed by atoms with E-state index in [1.807, 2.05) is 12.1 Å². The van der Waals surface area contributed by atoms with Gasteiger partial charge in [0, 0.05) is 0 Å². The van der Waals surface area contributed by atoms with Crippen molar-refractivity contribution in [1.82, 2.24) is 0 Å². The summed E-state index contributed by atoms with van der Waals surface area (Å²) < 4.78 is 12.9. The number of aryl methyl sites for hydroxylation is 1. The summed E-state index contributed by atoms with van der Waals surface area (Å²) >= 11 is 0. The highest BCUT2D eigenvalue weighted by atomic mass is 19.1. The summed E-state index contributed by atoms with van der Waals surface area (Å²) in [5.41, 5.74) is 1.85. The van der Waals surface area contributed by atoms with Crippen molar-refractivity contribution in [1.29, 1.82) is 0 Å². The summed E-state index contributed by atoms with van der Waals surface area (Å²) in [6.45, 7) is 1.77. The number of benzene rings is 1. The molecule has 0 unspecified atom stereocenters. The molecular formula is C11H13FO. The van der Waals surface area contributed by atoms with Gasteiger partial charge < -0.3 is 5.11 Å². The lowest BCUT2D eigenvalue weighted by molar-refractivity contribution is 0.0746. The van der Waals surface area contributed by atoms with Crippen LogP contribution in [0.2, 0.25) is 0 Å². The van der Waals surface area contributed by atoms with Gasteiger partial charge >= 0.3 is 0 Å². The van der Waals surface area contributed by atoms with E-state index in [1.54, 1.807) is 6.92 Å². The van der Waals surface area contributed by atoms with Gasteiger partial charge in [0.2, 0.25) is 0 Å². The fourth-order valence-corrected chi connectivity index (χ4v) is 1.78. The Hall–Kier alpha value is -0.890. The van der Waals surface area contributed by atoms with E-state index >= 15 is 0 Å². The highest BCUT2D eigenvalue weighted by Gasteiger charge is 2.28. The van der Waals surface area contributed by atoms with Crippen LogP contribution in [-0.2, 0) is 0 Å². The highest BCUT2D eigenvalue weighted by Crippen LogP contribution is 2.37. The molecule has 0 spiro atoms. The first kappa shape index (κ1) is 8.70. The largest absolute Gasteiger partial charge is 0.393 e. The molecule has 0 atom stereocenters. The van der Waals surface area contributed by atoms with Gasteiger partial charge in [0.05, 0.1) is 6.10 Å². The topological polar surface area (TPSA) is 20.2 Å². The first-order valence-corrected chi connectivity index (χ1v) is 4.61. The van der Waals surface area contributed by atoms with E-state index in [9.17, 15) is 4.39 Å². The van der Waals surface area contributed by atoms with Gasteiger partial charge in [0.15, 0.2) is 0 Å². The van der Waals surface area contributed by atoms with Gasteiger partial charge in [-0.3, -0.25) is 0 Å². The Morgan fingerprint density at radius 3 is 2.62 bits per heavy atom. The molecule has 1 fully saturated rings. The van der Waals surface area contributed by atoms with E-state index in [0.717, 1.165) is 18.4 Å². The van der Waals surface area contributed by atoms with Gasteiger partial charge in [0.1, 0.15) is 5.82 Å². The Bertz CT molecular complexity index is 316. The lowest BCUT2D eigenvalue weighted by atomic mass is 9.77. The third-order valence-electron chi connectivity index (χ3n) is 2.77. The van der Waals surface area contributed by atoms with E-state index in [1.165, 1.54) is 6.07 Å². The number of aliphatic hydroxyl groups is 1. The second kappa shape index (κ2) is 3.11. The number of halogens is 1. The number of hydrogen-bond acceptors (Lipinski definition) is 1. The fourth-order valence-electron chi connectivity index (χ4n) is 1.78. The molecule has 0 saturated heterocycles. The molecule has 2 heteroatoms. The third kappa shape index (κ3) is 1.59. The van der Waals surface area contributed by atoms with Crippen molar-refractivity contribution in [3.05, 3.63) is 35.1 Å². The Labute approximate surface area is 77.2 Å². The molecule has 13 heavy (non-hydrogen) atoms. The first-order chi connectivity index (χ1) is 6.16. The van der Waals surface area contributed by atoms with E-state index in [2.05, 4.69) is 0 Å². The van der Waals surface area contributed by atoms with Crippen LogP contribution in [0.5, 0.6) is 0 Å². The maximum absolute atomic E-state index is 12.9. The summed E-state index contributed by atoms with van der Waals surface area (Å²) in [7, 11) is 0. The van der Waals surface area contributed by atoms with Crippen molar-refractivity contribution in [3.63, 3.8) is 0 Å². The van der Waals surface area contributed by atoms with Crippen LogP contribution in [0.25, 0.3) is 0 Å². The first-order valence-electron chi connectivity index (χ1n) is 4.61. The Morgan fingerprint density at radius 2 is 2.08 bits per heavy atom. The predicted octanol–water partition coefficient (Wildman–Crippen LogP) is 2.37. The van der Waals surface area contributed by atoms with E-state index in [-0.39, 0.29) is 11.9 Å². The molecule has 1 nitrogen and oxygen atoms in total. The van der Waals surface area contributed by atoms with Crippen LogP contribution in [0.4, 0.5) is 4.39 Å². The van der Waals surface area contributed by atoms with E-state index < -0.39 is 0 Å². The summed E-state index contributed by atoms with van der Waals surface area (Å²) in [5.74, 6) is 0.290. The summed E-state index contributed by atoms with van der Waals surface area (Å²) in [4.78, 5) is 0. The molecule has 0 aliphatic heterocycles. The quantitative estimate of drug-likeness (QED) is 0.703. The molecule has 1 aliphatic carbocycles. The minimum Gasteiger partial charge on any atom is -0.393 e. The van der Waals surface area contributed by atoms with E-state index in [0.29, 0.717) is 11.5 Å². The van der Waals surface area contributed by atoms with Crippen molar-refractivity contribution in [2.24, 2.45) is 0 Å². The van der Waals surface area contributed by atoms with Crippen molar-refractivity contribution in [2.75, 3.05) is 0 Å². The molecular weight excluding hydrogens is 167 g/mol. The molecule has 0 amide bonds. The normalized spacial score (nSPS) is 27.0. The summed E-state index contributed by atoms with van der Waals surface area (Å²) in [5, 5.41) is 9.13. The van der Waals surface area contributed by atoms with Crippen molar-refractivity contribution >= 4 is 0 Å². The molecule has 70 valence electrons. The smallest absolute Gasteiger partial charge is 0.126 e. The summed E-state index contributed by atoms with van der Waals surface area (Å²) in [6.07, 6.45) is 1.51. The van der Waals surface area contributed by atoms with E-state index in [4.69, 9.17) is 5.11 Å². The average Bonchev–Trinajstić information content (AvgIpc) is 2.05. The Morgan fingerprint density at radius 1 is 1.38 bits per heavy atom. The van der Waals surface area contributed by atoms with Gasteiger partial charge in [0.25, 0.3) is 0 Å². The second-order valence-electron chi connectivity index (χ2n) is 3.83. The SMILES string of the molecule is Cc1cc(C2CC(O)C2)ccc1F. The van der Waals surface area contributed by atoms with Crippen LogP contribution in [0.3, 0.4) is 0 Å². The number of aliphatic hydroxyl groups excluding tert-OH is 1. The van der Waals surface area contributed by atoms with Crippen LogP contribution in [0, 0.1) is 12.7 Å². The Kier molecular flexibility index (Phi) is 2.08. The number of rotatable bonds is 1. The zero-order chi connectivity index (χ0) is 9.42.